The third-order valence-electron chi connectivity index (χ3n) is 1.96. The van der Waals surface area contributed by atoms with Gasteiger partial charge in [0, 0.05) is 5.57 Å². The van der Waals surface area contributed by atoms with E-state index < -0.39 is 12.3 Å². The molecule has 0 radical (unpaired) electrons. The monoisotopic (exact) mass is 276 g/mol. The molecule has 0 heterocycles. The molecule has 0 bridgehead atoms. The van der Waals surface area contributed by atoms with E-state index in [0.29, 0.717) is 25.4 Å². The first kappa shape index (κ1) is 18.0. The van der Waals surface area contributed by atoms with Crippen molar-refractivity contribution in [2.45, 2.75) is 26.6 Å². The molecule has 0 aliphatic heterocycles. The minimum absolute atomic E-state index is 0.0154. The Morgan fingerprint density at radius 2 is 1.89 bits per heavy atom. The SMILES string of the molecule is C=C(C)C(=O)OC(COCCOCCO)OCCC. The maximum atomic E-state index is 11.4. The van der Waals surface area contributed by atoms with Crippen LogP contribution < -0.4 is 0 Å². The maximum absolute atomic E-state index is 11.4. The Morgan fingerprint density at radius 1 is 1.21 bits per heavy atom. The highest BCUT2D eigenvalue weighted by Crippen LogP contribution is 2.02. The van der Waals surface area contributed by atoms with Crippen LogP contribution >= 0.6 is 0 Å². The van der Waals surface area contributed by atoms with Gasteiger partial charge in [0.05, 0.1) is 33.0 Å². The fourth-order valence-corrected chi connectivity index (χ4v) is 1.05. The van der Waals surface area contributed by atoms with Gasteiger partial charge in [-0.1, -0.05) is 13.5 Å². The van der Waals surface area contributed by atoms with Crippen LogP contribution in [-0.4, -0.2) is 57.0 Å². The molecule has 0 spiro atoms. The smallest absolute Gasteiger partial charge is 0.335 e. The summed E-state index contributed by atoms with van der Waals surface area (Å²) in [6.07, 6.45) is 0.0859. The highest BCUT2D eigenvalue weighted by molar-refractivity contribution is 5.87. The fourth-order valence-electron chi connectivity index (χ4n) is 1.05. The summed E-state index contributed by atoms with van der Waals surface area (Å²) >= 11 is 0. The van der Waals surface area contributed by atoms with Crippen molar-refractivity contribution >= 4 is 5.97 Å². The average molecular weight is 276 g/mol. The van der Waals surface area contributed by atoms with Crippen molar-refractivity contribution in [3.8, 4) is 0 Å². The predicted octanol–water partition coefficient (Wildman–Crippen LogP) is 0.884. The number of aliphatic hydroxyl groups is 1. The van der Waals surface area contributed by atoms with E-state index in [1.165, 1.54) is 0 Å². The van der Waals surface area contributed by atoms with Crippen molar-refractivity contribution in [3.63, 3.8) is 0 Å². The molecular formula is C13H24O6. The zero-order valence-electron chi connectivity index (χ0n) is 11.7. The van der Waals surface area contributed by atoms with Gasteiger partial charge in [0.25, 0.3) is 0 Å². The number of rotatable bonds is 12. The van der Waals surface area contributed by atoms with Crippen LogP contribution in [0.25, 0.3) is 0 Å². The van der Waals surface area contributed by atoms with E-state index in [1.807, 2.05) is 6.92 Å². The van der Waals surface area contributed by atoms with Crippen LogP contribution in [0.15, 0.2) is 12.2 Å². The standard InChI is InChI=1S/C13H24O6/c1-4-6-18-12(19-13(15)11(2)3)10-17-9-8-16-7-5-14/h12,14H,2,4-10H2,1,3H3. The number of carbonyl (C=O) groups excluding carboxylic acids is 1. The van der Waals surface area contributed by atoms with E-state index >= 15 is 0 Å². The molecule has 0 aromatic heterocycles. The van der Waals surface area contributed by atoms with Crippen LogP contribution in [0.4, 0.5) is 0 Å². The van der Waals surface area contributed by atoms with E-state index in [4.69, 9.17) is 24.1 Å². The molecule has 0 fully saturated rings. The molecule has 1 N–H and O–H groups in total. The third-order valence-corrected chi connectivity index (χ3v) is 1.96. The Morgan fingerprint density at radius 3 is 2.47 bits per heavy atom. The number of hydrogen-bond acceptors (Lipinski definition) is 6. The van der Waals surface area contributed by atoms with Gasteiger partial charge in [0.1, 0.15) is 6.61 Å². The molecule has 6 heteroatoms. The van der Waals surface area contributed by atoms with Crippen molar-refractivity contribution in [2.75, 3.05) is 39.6 Å². The summed E-state index contributed by atoms with van der Waals surface area (Å²) in [6, 6.07) is 0. The Bertz CT molecular complexity index is 254. The first-order chi connectivity index (χ1) is 9.11. The van der Waals surface area contributed by atoms with Crippen LogP contribution in [0.3, 0.4) is 0 Å². The second-order valence-electron chi connectivity index (χ2n) is 3.90. The van der Waals surface area contributed by atoms with Crippen LogP contribution in [0.5, 0.6) is 0 Å². The molecule has 0 saturated carbocycles. The Labute approximate surface area is 114 Å². The van der Waals surface area contributed by atoms with Crippen molar-refractivity contribution in [2.24, 2.45) is 0 Å². The number of carbonyl (C=O) groups is 1. The van der Waals surface area contributed by atoms with E-state index in [9.17, 15) is 4.79 Å². The molecular weight excluding hydrogens is 252 g/mol. The first-order valence-corrected chi connectivity index (χ1v) is 6.36. The topological polar surface area (TPSA) is 74.2 Å². The zero-order valence-corrected chi connectivity index (χ0v) is 11.7. The quantitative estimate of drug-likeness (QED) is 0.247. The van der Waals surface area contributed by atoms with Gasteiger partial charge in [-0.05, 0) is 13.3 Å². The maximum Gasteiger partial charge on any atom is 0.335 e. The van der Waals surface area contributed by atoms with E-state index in [0.717, 1.165) is 6.42 Å². The lowest BCUT2D eigenvalue weighted by Crippen LogP contribution is -2.28. The molecule has 112 valence electrons. The van der Waals surface area contributed by atoms with Gasteiger partial charge >= 0.3 is 5.97 Å². The predicted molar refractivity (Wildman–Crippen MR) is 69.7 cm³/mol. The van der Waals surface area contributed by atoms with Gasteiger partial charge in [0.15, 0.2) is 0 Å². The zero-order chi connectivity index (χ0) is 14.5. The molecule has 0 aromatic carbocycles. The highest BCUT2D eigenvalue weighted by Gasteiger charge is 2.15. The lowest BCUT2D eigenvalue weighted by Gasteiger charge is -2.18. The summed E-state index contributed by atoms with van der Waals surface area (Å²) in [5.74, 6) is -0.499. The largest absolute Gasteiger partial charge is 0.430 e. The van der Waals surface area contributed by atoms with E-state index in [-0.39, 0.29) is 19.8 Å². The number of esters is 1. The molecule has 0 amide bonds. The summed E-state index contributed by atoms with van der Waals surface area (Å²) in [5.41, 5.74) is 0.316. The van der Waals surface area contributed by atoms with Crippen LogP contribution in [0.2, 0.25) is 0 Å². The first-order valence-electron chi connectivity index (χ1n) is 6.36. The van der Waals surface area contributed by atoms with Crippen LogP contribution in [-0.2, 0) is 23.7 Å². The van der Waals surface area contributed by atoms with E-state index in [1.54, 1.807) is 6.92 Å². The van der Waals surface area contributed by atoms with Gasteiger partial charge in [-0.2, -0.15) is 0 Å². The van der Waals surface area contributed by atoms with Crippen molar-refractivity contribution in [1.82, 2.24) is 0 Å². The highest BCUT2D eigenvalue weighted by atomic mass is 16.7. The molecule has 19 heavy (non-hydrogen) atoms. The molecule has 0 aromatic rings. The molecule has 0 saturated heterocycles. The Balaban J connectivity index is 3.85. The average Bonchev–Trinajstić information content (AvgIpc) is 2.39. The normalized spacial score (nSPS) is 12.2. The van der Waals surface area contributed by atoms with Crippen molar-refractivity contribution < 1.29 is 28.8 Å². The van der Waals surface area contributed by atoms with Crippen LogP contribution in [0, 0.1) is 0 Å². The lowest BCUT2D eigenvalue weighted by atomic mass is 10.4. The minimum atomic E-state index is -0.734. The lowest BCUT2D eigenvalue weighted by molar-refractivity contribution is -0.187. The van der Waals surface area contributed by atoms with Gasteiger partial charge in [-0.25, -0.2) is 4.79 Å². The third kappa shape index (κ3) is 10.6. The van der Waals surface area contributed by atoms with Gasteiger partial charge in [-0.15, -0.1) is 0 Å². The summed E-state index contributed by atoms with van der Waals surface area (Å²) in [6.45, 7) is 8.64. The molecule has 0 rings (SSSR count). The summed E-state index contributed by atoms with van der Waals surface area (Å²) in [5, 5.41) is 8.51. The number of aliphatic hydroxyl groups excluding tert-OH is 1. The van der Waals surface area contributed by atoms with Crippen LogP contribution in [0.1, 0.15) is 20.3 Å². The molecule has 1 unspecified atom stereocenters. The van der Waals surface area contributed by atoms with Crippen molar-refractivity contribution in [1.29, 1.82) is 0 Å². The Hall–Kier alpha value is -0.950. The Kier molecular flexibility index (Phi) is 11.5. The summed E-state index contributed by atoms with van der Waals surface area (Å²) in [7, 11) is 0. The number of hydrogen-bond donors (Lipinski definition) is 1. The fraction of sp³-hybridized carbons (Fsp3) is 0.769. The minimum Gasteiger partial charge on any atom is -0.430 e. The van der Waals surface area contributed by atoms with E-state index in [2.05, 4.69) is 6.58 Å². The summed E-state index contributed by atoms with van der Waals surface area (Å²) in [4.78, 5) is 11.4. The molecule has 1 atom stereocenters. The van der Waals surface area contributed by atoms with Crippen molar-refractivity contribution in [3.05, 3.63) is 12.2 Å². The van der Waals surface area contributed by atoms with Gasteiger partial charge in [0.2, 0.25) is 6.29 Å². The number of ether oxygens (including phenoxy) is 4. The summed E-state index contributed by atoms with van der Waals surface area (Å²) < 4.78 is 20.7. The second-order valence-corrected chi connectivity index (χ2v) is 3.90. The molecule has 0 aliphatic carbocycles. The van der Waals surface area contributed by atoms with Gasteiger partial charge in [-0.3, -0.25) is 0 Å². The molecule has 0 aliphatic rings. The van der Waals surface area contributed by atoms with Gasteiger partial charge < -0.3 is 24.1 Å². The second kappa shape index (κ2) is 12.1. The molecule has 6 nitrogen and oxygen atoms in total.